The van der Waals surface area contributed by atoms with Crippen molar-refractivity contribution in [2.24, 2.45) is 7.05 Å². The molecular weight excluding hydrogens is 352 g/mol. The van der Waals surface area contributed by atoms with Crippen molar-refractivity contribution in [3.63, 3.8) is 0 Å². The molecule has 0 aromatic carbocycles. The minimum atomic E-state index is -0.0157. The first-order valence-corrected chi connectivity index (χ1v) is 9.69. The molecule has 7 nitrogen and oxygen atoms in total. The summed E-state index contributed by atoms with van der Waals surface area (Å²) >= 11 is 0. The van der Waals surface area contributed by atoms with Crippen LogP contribution < -0.4 is 4.90 Å². The molecule has 0 spiro atoms. The molecule has 1 aliphatic rings. The smallest absolute Gasteiger partial charge is 0.274 e. The maximum absolute atomic E-state index is 12.6. The predicted octanol–water partition coefficient (Wildman–Crippen LogP) is 2.72. The molecule has 4 heterocycles. The van der Waals surface area contributed by atoms with Crippen LogP contribution in [0.15, 0.2) is 30.5 Å². The molecule has 3 aromatic heterocycles. The molecule has 146 valence electrons. The molecule has 7 heteroatoms. The Morgan fingerprint density at radius 3 is 2.57 bits per heavy atom. The molecule has 1 amide bonds. The molecule has 1 aliphatic heterocycles. The summed E-state index contributed by atoms with van der Waals surface area (Å²) in [6, 6.07) is 8.26. The van der Waals surface area contributed by atoms with Gasteiger partial charge >= 0.3 is 0 Å². The van der Waals surface area contributed by atoms with Gasteiger partial charge in [0.15, 0.2) is 5.65 Å². The van der Waals surface area contributed by atoms with E-state index in [1.807, 2.05) is 25.9 Å². The lowest BCUT2D eigenvalue weighted by molar-refractivity contribution is 0.0702. The molecule has 3 aromatic rings. The number of fused-ring (bicyclic) bond motifs is 1. The molecule has 28 heavy (non-hydrogen) atoms. The number of aryl methyl sites for hydroxylation is 3. The minimum absolute atomic E-state index is 0.0157. The quantitative estimate of drug-likeness (QED) is 0.701. The number of amides is 1. The average Bonchev–Trinajstić information content (AvgIpc) is 3.12. The van der Waals surface area contributed by atoms with Crippen LogP contribution in [-0.2, 0) is 7.05 Å². The number of anilines is 1. The van der Waals surface area contributed by atoms with Crippen molar-refractivity contribution in [2.75, 3.05) is 25.0 Å². The maximum atomic E-state index is 12.6. The first-order valence-electron chi connectivity index (χ1n) is 9.69. The summed E-state index contributed by atoms with van der Waals surface area (Å²) in [5.41, 5.74) is 3.50. The summed E-state index contributed by atoms with van der Waals surface area (Å²) in [7, 11) is 3.70. The molecule has 0 unspecified atom stereocenters. The summed E-state index contributed by atoms with van der Waals surface area (Å²) in [4.78, 5) is 26.1. The van der Waals surface area contributed by atoms with Gasteiger partial charge in [0.2, 0.25) is 0 Å². The highest BCUT2D eigenvalue weighted by Gasteiger charge is 2.27. The van der Waals surface area contributed by atoms with Crippen LogP contribution in [-0.4, -0.2) is 56.7 Å². The summed E-state index contributed by atoms with van der Waals surface area (Å²) < 4.78 is 1.66. The summed E-state index contributed by atoms with van der Waals surface area (Å²) in [6.07, 6.45) is 3.62. The fourth-order valence-electron chi connectivity index (χ4n) is 3.96. The third-order valence-corrected chi connectivity index (χ3v) is 5.58. The van der Waals surface area contributed by atoms with Gasteiger partial charge < -0.3 is 9.80 Å². The van der Waals surface area contributed by atoms with E-state index in [1.54, 1.807) is 16.9 Å². The Labute approximate surface area is 165 Å². The van der Waals surface area contributed by atoms with E-state index in [9.17, 15) is 4.79 Å². The zero-order valence-electron chi connectivity index (χ0n) is 16.9. The third-order valence-electron chi connectivity index (χ3n) is 5.58. The van der Waals surface area contributed by atoms with Crippen molar-refractivity contribution in [1.29, 1.82) is 0 Å². The van der Waals surface area contributed by atoms with Gasteiger partial charge in [0.1, 0.15) is 11.5 Å². The number of carbonyl (C=O) groups is 1. The SMILES string of the molecule is Cc1cc(C)c2ccc(N3CCC(N(C)C(=O)c4ccn(C)n4)CC3)nc2n1. The maximum Gasteiger partial charge on any atom is 0.274 e. The summed E-state index contributed by atoms with van der Waals surface area (Å²) in [6.45, 7) is 5.83. The van der Waals surface area contributed by atoms with Gasteiger partial charge in [0, 0.05) is 50.5 Å². The number of nitrogens with zero attached hydrogens (tertiary/aromatic N) is 6. The predicted molar refractivity (Wildman–Crippen MR) is 110 cm³/mol. The minimum Gasteiger partial charge on any atom is -0.356 e. The van der Waals surface area contributed by atoms with Crippen LogP contribution >= 0.6 is 0 Å². The van der Waals surface area contributed by atoms with E-state index in [-0.39, 0.29) is 11.9 Å². The fraction of sp³-hybridized carbons (Fsp3) is 0.429. The standard InChI is InChI=1S/C21H26N6O/c1-14-13-15(2)22-20-17(14)5-6-19(23-20)27-11-7-16(8-12-27)26(4)21(28)18-9-10-25(3)24-18/h5-6,9-10,13,16H,7-8,11-12H2,1-4H3. The van der Waals surface area contributed by atoms with E-state index in [2.05, 4.69) is 40.1 Å². The fourth-order valence-corrected chi connectivity index (χ4v) is 3.96. The lowest BCUT2D eigenvalue weighted by atomic mass is 10.0. The number of rotatable bonds is 3. The zero-order chi connectivity index (χ0) is 19.8. The van der Waals surface area contributed by atoms with Crippen LogP contribution in [0.2, 0.25) is 0 Å². The summed E-state index contributed by atoms with van der Waals surface area (Å²) in [5, 5.41) is 5.33. The highest BCUT2D eigenvalue weighted by molar-refractivity contribution is 5.92. The number of hydrogen-bond acceptors (Lipinski definition) is 5. The van der Waals surface area contributed by atoms with E-state index < -0.39 is 0 Å². The Balaban J connectivity index is 1.45. The number of hydrogen-bond donors (Lipinski definition) is 0. The van der Waals surface area contributed by atoms with Crippen LogP contribution in [0.5, 0.6) is 0 Å². The molecule has 0 atom stereocenters. The van der Waals surface area contributed by atoms with E-state index >= 15 is 0 Å². The monoisotopic (exact) mass is 378 g/mol. The number of piperidine rings is 1. The molecule has 4 rings (SSSR count). The number of carbonyl (C=O) groups excluding carboxylic acids is 1. The molecule has 0 radical (unpaired) electrons. The molecular formula is C21H26N6O. The van der Waals surface area contributed by atoms with Crippen molar-refractivity contribution in [3.05, 3.63) is 47.4 Å². The van der Waals surface area contributed by atoms with E-state index in [0.717, 1.165) is 48.5 Å². The van der Waals surface area contributed by atoms with Crippen LogP contribution in [0, 0.1) is 13.8 Å². The zero-order valence-corrected chi connectivity index (χ0v) is 16.9. The van der Waals surface area contributed by atoms with E-state index in [4.69, 9.17) is 4.98 Å². The van der Waals surface area contributed by atoms with Crippen molar-refractivity contribution >= 4 is 22.8 Å². The van der Waals surface area contributed by atoms with Gasteiger partial charge in [-0.1, -0.05) is 0 Å². The van der Waals surface area contributed by atoms with Gasteiger partial charge in [-0.3, -0.25) is 9.48 Å². The topological polar surface area (TPSA) is 67.2 Å². The van der Waals surface area contributed by atoms with Gasteiger partial charge in [0.05, 0.1) is 0 Å². The third kappa shape index (κ3) is 3.44. The van der Waals surface area contributed by atoms with Crippen LogP contribution in [0.25, 0.3) is 11.0 Å². The van der Waals surface area contributed by atoms with E-state index in [1.165, 1.54) is 5.56 Å². The first-order chi connectivity index (χ1) is 13.4. The second kappa shape index (κ2) is 7.22. The highest BCUT2D eigenvalue weighted by Crippen LogP contribution is 2.24. The molecule has 0 bridgehead atoms. The molecule has 0 saturated carbocycles. The second-order valence-electron chi connectivity index (χ2n) is 7.63. The lowest BCUT2D eigenvalue weighted by Gasteiger charge is -2.37. The number of aromatic nitrogens is 4. The Bertz CT molecular complexity index is 1020. The van der Waals surface area contributed by atoms with Gasteiger partial charge in [-0.25, -0.2) is 9.97 Å². The number of pyridine rings is 2. The normalized spacial score (nSPS) is 15.2. The molecule has 0 N–H and O–H groups in total. The Morgan fingerprint density at radius 2 is 1.89 bits per heavy atom. The van der Waals surface area contributed by atoms with Crippen molar-refractivity contribution < 1.29 is 4.79 Å². The Kier molecular flexibility index (Phi) is 4.75. The highest BCUT2D eigenvalue weighted by atomic mass is 16.2. The van der Waals surface area contributed by atoms with Crippen molar-refractivity contribution in [3.8, 4) is 0 Å². The largest absolute Gasteiger partial charge is 0.356 e. The Morgan fingerprint density at radius 1 is 1.14 bits per heavy atom. The molecule has 0 aliphatic carbocycles. The van der Waals surface area contributed by atoms with Gasteiger partial charge in [-0.2, -0.15) is 5.10 Å². The van der Waals surface area contributed by atoms with Crippen LogP contribution in [0.3, 0.4) is 0 Å². The van der Waals surface area contributed by atoms with Crippen molar-refractivity contribution in [2.45, 2.75) is 32.7 Å². The lowest BCUT2D eigenvalue weighted by Crippen LogP contribution is -2.46. The Hall–Kier alpha value is -2.96. The molecule has 1 fully saturated rings. The van der Waals surface area contributed by atoms with E-state index in [0.29, 0.717) is 5.69 Å². The van der Waals surface area contributed by atoms with Gasteiger partial charge in [-0.15, -0.1) is 0 Å². The van der Waals surface area contributed by atoms with Gasteiger partial charge in [-0.05, 0) is 56.5 Å². The van der Waals surface area contributed by atoms with Gasteiger partial charge in [0.25, 0.3) is 5.91 Å². The van der Waals surface area contributed by atoms with Crippen LogP contribution in [0.1, 0.15) is 34.6 Å². The van der Waals surface area contributed by atoms with Crippen molar-refractivity contribution in [1.82, 2.24) is 24.6 Å². The second-order valence-corrected chi connectivity index (χ2v) is 7.63. The first kappa shape index (κ1) is 18.4. The summed E-state index contributed by atoms with van der Waals surface area (Å²) in [5.74, 6) is 0.945. The molecule has 1 saturated heterocycles. The average molecular weight is 378 g/mol. The van der Waals surface area contributed by atoms with Crippen LogP contribution in [0.4, 0.5) is 5.82 Å².